The molecular weight excluding hydrogens is 120 g/mol. The molecule has 0 saturated carbocycles. The fraction of sp³-hybridized carbons (Fsp3) is 0.400. The fourth-order valence-electron chi connectivity index (χ4n) is 0.824. The van der Waals surface area contributed by atoms with Gasteiger partial charge in [0.25, 0.3) is 0 Å². The van der Waals surface area contributed by atoms with Crippen LogP contribution in [-0.2, 0) is 0 Å². The van der Waals surface area contributed by atoms with Crippen molar-refractivity contribution >= 4 is 0 Å². The van der Waals surface area contributed by atoms with Gasteiger partial charge in [-0.05, 0) is 25.8 Å². The quantitative estimate of drug-likeness (QED) is 0.521. The Labute approximate surface area is 64.0 Å². The Morgan fingerprint density at radius 2 is 1.80 bits per heavy atom. The summed E-state index contributed by atoms with van der Waals surface area (Å²) in [5.41, 5.74) is 3.54. The number of hydrogen-bond donors (Lipinski definition) is 0. The molecule has 0 spiro atoms. The second-order valence-corrected chi connectivity index (χ2v) is 2.65. The highest BCUT2D eigenvalue weighted by Gasteiger charge is 1.92. The molecule has 0 bridgehead atoms. The van der Waals surface area contributed by atoms with Crippen LogP contribution in [0.5, 0.6) is 0 Å². The van der Waals surface area contributed by atoms with E-state index in [2.05, 4.69) is 26.2 Å². The van der Waals surface area contributed by atoms with E-state index in [4.69, 9.17) is 0 Å². The Kier molecular flexibility index (Phi) is 3.78. The molecule has 0 aliphatic carbocycles. The van der Waals surface area contributed by atoms with Crippen LogP contribution in [0.1, 0.15) is 27.2 Å². The molecule has 0 saturated heterocycles. The van der Waals surface area contributed by atoms with Crippen molar-refractivity contribution in [3.05, 3.63) is 36.0 Å². The van der Waals surface area contributed by atoms with Crippen LogP contribution in [0, 0.1) is 0 Å². The predicted molar refractivity (Wildman–Crippen MR) is 48.0 cm³/mol. The molecule has 0 nitrogen and oxygen atoms in total. The normalized spacial score (nSPS) is 11.3. The van der Waals surface area contributed by atoms with Gasteiger partial charge in [0.05, 0.1) is 0 Å². The van der Waals surface area contributed by atoms with Crippen LogP contribution in [0.4, 0.5) is 0 Å². The van der Waals surface area contributed by atoms with Crippen LogP contribution in [0.15, 0.2) is 36.0 Å². The van der Waals surface area contributed by atoms with Crippen molar-refractivity contribution in [3.63, 3.8) is 0 Å². The van der Waals surface area contributed by atoms with Gasteiger partial charge < -0.3 is 0 Å². The van der Waals surface area contributed by atoms with Gasteiger partial charge in [-0.15, -0.1) is 0 Å². The molecule has 0 heterocycles. The highest BCUT2D eigenvalue weighted by Crippen LogP contribution is 2.12. The minimum Gasteiger partial charge on any atom is -0.0961 e. The molecule has 0 rings (SSSR count). The van der Waals surface area contributed by atoms with E-state index in [1.54, 1.807) is 0 Å². The molecule has 0 aromatic rings. The lowest BCUT2D eigenvalue weighted by Gasteiger charge is -2.01. The third-order valence-corrected chi connectivity index (χ3v) is 1.35. The molecule has 0 fully saturated rings. The van der Waals surface area contributed by atoms with Gasteiger partial charge in [0, 0.05) is 0 Å². The van der Waals surface area contributed by atoms with Crippen LogP contribution in [-0.4, -0.2) is 0 Å². The molecule has 0 aliphatic rings. The van der Waals surface area contributed by atoms with E-state index in [1.165, 1.54) is 5.57 Å². The van der Waals surface area contributed by atoms with Crippen molar-refractivity contribution in [1.82, 2.24) is 0 Å². The zero-order valence-electron chi connectivity index (χ0n) is 7.20. The predicted octanol–water partition coefficient (Wildman–Crippen LogP) is 3.48. The Morgan fingerprint density at radius 3 is 1.90 bits per heavy atom. The zero-order chi connectivity index (χ0) is 8.15. The van der Waals surface area contributed by atoms with Crippen molar-refractivity contribution in [2.24, 2.45) is 0 Å². The van der Waals surface area contributed by atoms with E-state index in [9.17, 15) is 0 Å². The molecule has 0 aliphatic heterocycles. The first-order valence-electron chi connectivity index (χ1n) is 3.60. The molecule has 0 N–H and O–H groups in total. The van der Waals surface area contributed by atoms with Gasteiger partial charge in [0.15, 0.2) is 0 Å². The van der Waals surface area contributed by atoms with Gasteiger partial charge >= 0.3 is 0 Å². The van der Waals surface area contributed by atoms with E-state index in [-0.39, 0.29) is 0 Å². The molecule has 0 atom stereocenters. The molecule has 10 heavy (non-hydrogen) atoms. The van der Waals surface area contributed by atoms with Gasteiger partial charge in [-0.25, -0.2) is 0 Å². The number of hydrogen-bond acceptors (Lipinski definition) is 0. The summed E-state index contributed by atoms with van der Waals surface area (Å²) in [5.74, 6) is 0. The smallest absolute Gasteiger partial charge is 0.0305 e. The van der Waals surface area contributed by atoms with Crippen LogP contribution in [0.25, 0.3) is 0 Å². The summed E-state index contributed by atoms with van der Waals surface area (Å²) in [7, 11) is 0. The monoisotopic (exact) mass is 136 g/mol. The van der Waals surface area contributed by atoms with Crippen LogP contribution >= 0.6 is 0 Å². The first-order valence-corrected chi connectivity index (χ1v) is 3.60. The Morgan fingerprint density at radius 1 is 1.30 bits per heavy atom. The summed E-state index contributed by atoms with van der Waals surface area (Å²) in [6.45, 7) is 13.8. The summed E-state index contributed by atoms with van der Waals surface area (Å²) in [4.78, 5) is 0. The van der Waals surface area contributed by atoms with E-state index < -0.39 is 0 Å². The molecule has 0 unspecified atom stereocenters. The summed E-state index contributed by atoms with van der Waals surface area (Å²) in [6.07, 6.45) is 3.13. The maximum Gasteiger partial charge on any atom is -0.0305 e. The van der Waals surface area contributed by atoms with Crippen molar-refractivity contribution in [2.75, 3.05) is 0 Å². The topological polar surface area (TPSA) is 0 Å². The second kappa shape index (κ2) is 4.10. The van der Waals surface area contributed by atoms with Crippen molar-refractivity contribution in [1.29, 1.82) is 0 Å². The summed E-state index contributed by atoms with van der Waals surface area (Å²) < 4.78 is 0. The number of allylic oxidation sites excluding steroid dienone is 4. The minimum atomic E-state index is 1.04. The lowest BCUT2D eigenvalue weighted by atomic mass is 10.0. The first kappa shape index (κ1) is 9.22. The summed E-state index contributed by atoms with van der Waals surface area (Å²) in [5, 5.41) is 0. The van der Waals surface area contributed by atoms with Crippen molar-refractivity contribution in [3.8, 4) is 0 Å². The Hall–Kier alpha value is -0.780. The number of rotatable bonds is 3. The Bertz CT molecular complexity index is 170. The van der Waals surface area contributed by atoms with Crippen LogP contribution in [0.3, 0.4) is 0 Å². The molecule has 0 amide bonds. The lowest BCUT2D eigenvalue weighted by Crippen LogP contribution is -1.81. The highest BCUT2D eigenvalue weighted by atomic mass is 14.0. The SMILES string of the molecule is C=C(C)/C=C(/CC)C(=C)C. The summed E-state index contributed by atoms with van der Waals surface area (Å²) >= 11 is 0. The summed E-state index contributed by atoms with van der Waals surface area (Å²) in [6, 6.07) is 0. The van der Waals surface area contributed by atoms with E-state index in [0.29, 0.717) is 0 Å². The average molecular weight is 136 g/mol. The van der Waals surface area contributed by atoms with E-state index in [1.807, 2.05) is 13.8 Å². The van der Waals surface area contributed by atoms with Gasteiger partial charge in [0.1, 0.15) is 0 Å². The third-order valence-electron chi connectivity index (χ3n) is 1.35. The molecule has 0 aromatic carbocycles. The maximum atomic E-state index is 3.87. The van der Waals surface area contributed by atoms with E-state index in [0.717, 1.165) is 17.6 Å². The first-order chi connectivity index (χ1) is 4.57. The van der Waals surface area contributed by atoms with Gasteiger partial charge in [-0.1, -0.05) is 37.3 Å². The molecule has 0 heteroatoms. The molecule has 56 valence electrons. The fourth-order valence-corrected chi connectivity index (χ4v) is 0.824. The van der Waals surface area contributed by atoms with Crippen LogP contribution in [0.2, 0.25) is 0 Å². The zero-order valence-corrected chi connectivity index (χ0v) is 7.20. The Balaban J connectivity index is 4.34. The average Bonchev–Trinajstić information content (AvgIpc) is 1.81. The van der Waals surface area contributed by atoms with Gasteiger partial charge in [-0.2, -0.15) is 0 Å². The van der Waals surface area contributed by atoms with Gasteiger partial charge in [-0.3, -0.25) is 0 Å². The minimum absolute atomic E-state index is 1.04. The lowest BCUT2D eigenvalue weighted by molar-refractivity contribution is 1.10. The standard InChI is InChI=1S/C10H16/c1-6-10(9(4)5)7-8(2)3/h7H,2,4,6H2,1,3,5H3/b10-7-. The molecule has 0 aromatic heterocycles. The molecular formula is C10H16. The third kappa shape index (κ3) is 3.29. The van der Waals surface area contributed by atoms with Crippen LogP contribution < -0.4 is 0 Å². The van der Waals surface area contributed by atoms with Gasteiger partial charge in [0.2, 0.25) is 0 Å². The highest BCUT2D eigenvalue weighted by molar-refractivity contribution is 5.32. The molecule has 0 radical (unpaired) electrons. The second-order valence-electron chi connectivity index (χ2n) is 2.65. The maximum absolute atomic E-state index is 3.87. The largest absolute Gasteiger partial charge is 0.0961 e. The van der Waals surface area contributed by atoms with Crippen molar-refractivity contribution < 1.29 is 0 Å². The van der Waals surface area contributed by atoms with E-state index >= 15 is 0 Å². The van der Waals surface area contributed by atoms with Crippen molar-refractivity contribution in [2.45, 2.75) is 27.2 Å².